The normalized spacial score (nSPS) is 17.4. The van der Waals surface area contributed by atoms with Crippen LogP contribution in [-0.2, 0) is 33.7 Å². The lowest BCUT2D eigenvalue weighted by atomic mass is 9.73. The third-order valence-corrected chi connectivity index (χ3v) is 8.38. The van der Waals surface area contributed by atoms with E-state index in [-0.39, 0.29) is 29.7 Å². The van der Waals surface area contributed by atoms with Crippen molar-refractivity contribution in [2.24, 2.45) is 5.41 Å². The number of hydrogen-bond donors (Lipinski definition) is 1. The Morgan fingerprint density at radius 2 is 1.54 bits per heavy atom. The summed E-state index contributed by atoms with van der Waals surface area (Å²) in [5.41, 5.74) is 4.47. The number of amides is 2. The number of rotatable bonds is 10. The Bertz CT molecular complexity index is 1120. The number of benzene rings is 2. The molecule has 0 atom stereocenters. The van der Waals surface area contributed by atoms with E-state index in [2.05, 4.69) is 41.4 Å². The summed E-state index contributed by atoms with van der Waals surface area (Å²) in [4.78, 5) is 41.2. The molecular weight excluding hydrogens is 490 g/mol. The first kappa shape index (κ1) is 28.8. The van der Waals surface area contributed by atoms with Crippen molar-refractivity contribution in [1.82, 2.24) is 15.1 Å². The standard InChI is InChI=1S/C32H43N3O4/c1-32(16-6-3-7-17-32)22-29(36)33-23-30(37)35-20-18-34(19-21-35)24-28-9-5-4-8-26(28)13-10-25-11-14-27(15-12-25)31(38)39-2/h4-5,8-9,11-12,14-15H,3,6-7,10,13,16-24H2,1-2H3,(H,33,36). The van der Waals surface area contributed by atoms with Crippen molar-refractivity contribution in [3.05, 3.63) is 70.8 Å². The first-order chi connectivity index (χ1) is 18.8. The molecule has 0 aromatic heterocycles. The number of esters is 1. The Kier molecular flexibility index (Phi) is 10.2. The molecule has 1 heterocycles. The average Bonchev–Trinajstić information content (AvgIpc) is 2.96. The fourth-order valence-corrected chi connectivity index (χ4v) is 5.87. The van der Waals surface area contributed by atoms with E-state index in [0.29, 0.717) is 25.1 Å². The highest BCUT2D eigenvalue weighted by molar-refractivity contribution is 5.89. The van der Waals surface area contributed by atoms with Crippen LogP contribution in [-0.4, -0.2) is 67.4 Å². The molecule has 0 radical (unpaired) electrons. The van der Waals surface area contributed by atoms with Gasteiger partial charge < -0.3 is 15.0 Å². The van der Waals surface area contributed by atoms with Gasteiger partial charge in [-0.3, -0.25) is 14.5 Å². The molecule has 1 aliphatic carbocycles. The van der Waals surface area contributed by atoms with Gasteiger partial charge in [-0.2, -0.15) is 0 Å². The average molecular weight is 534 g/mol. The monoisotopic (exact) mass is 533 g/mol. The van der Waals surface area contributed by atoms with E-state index in [1.165, 1.54) is 43.1 Å². The summed E-state index contributed by atoms with van der Waals surface area (Å²) < 4.78 is 4.78. The number of nitrogens with one attached hydrogen (secondary N) is 1. The minimum atomic E-state index is -0.317. The number of hydrogen-bond acceptors (Lipinski definition) is 5. The highest BCUT2D eigenvalue weighted by Gasteiger charge is 2.30. The minimum absolute atomic E-state index is 0.00222. The summed E-state index contributed by atoms with van der Waals surface area (Å²) in [5, 5.41) is 2.88. The number of methoxy groups -OCH3 is 1. The lowest BCUT2D eigenvalue weighted by molar-refractivity contribution is -0.135. The molecular formula is C32H43N3O4. The van der Waals surface area contributed by atoms with Gasteiger partial charge in [0.1, 0.15) is 0 Å². The highest BCUT2D eigenvalue weighted by Crippen LogP contribution is 2.38. The van der Waals surface area contributed by atoms with E-state index in [1.807, 2.05) is 29.2 Å². The van der Waals surface area contributed by atoms with Crippen LogP contribution < -0.4 is 5.32 Å². The molecule has 1 saturated heterocycles. The molecule has 0 spiro atoms. The number of carbonyl (C=O) groups is 3. The van der Waals surface area contributed by atoms with Crippen molar-refractivity contribution in [2.75, 3.05) is 39.8 Å². The van der Waals surface area contributed by atoms with Gasteiger partial charge in [0, 0.05) is 39.1 Å². The molecule has 7 heteroatoms. The van der Waals surface area contributed by atoms with Crippen LogP contribution in [0.25, 0.3) is 0 Å². The maximum Gasteiger partial charge on any atom is 0.337 e. The molecule has 0 unspecified atom stereocenters. The third-order valence-electron chi connectivity index (χ3n) is 8.38. The van der Waals surface area contributed by atoms with Gasteiger partial charge in [0.2, 0.25) is 11.8 Å². The number of carbonyl (C=O) groups excluding carboxylic acids is 3. The lowest BCUT2D eigenvalue weighted by Crippen LogP contribution is -2.51. The van der Waals surface area contributed by atoms with Crippen LogP contribution in [0.15, 0.2) is 48.5 Å². The summed E-state index contributed by atoms with van der Waals surface area (Å²) >= 11 is 0. The molecule has 2 aromatic carbocycles. The van der Waals surface area contributed by atoms with Crippen molar-refractivity contribution < 1.29 is 19.1 Å². The third kappa shape index (κ3) is 8.40. The molecule has 2 aromatic rings. The smallest absolute Gasteiger partial charge is 0.337 e. The second-order valence-corrected chi connectivity index (χ2v) is 11.4. The van der Waals surface area contributed by atoms with Gasteiger partial charge in [-0.05, 0) is 59.9 Å². The lowest BCUT2D eigenvalue weighted by Gasteiger charge is -2.35. The topological polar surface area (TPSA) is 79.0 Å². The number of ether oxygens (including phenoxy) is 1. The molecule has 2 amide bonds. The maximum atomic E-state index is 12.8. The number of aryl methyl sites for hydroxylation is 2. The summed E-state index contributed by atoms with van der Waals surface area (Å²) in [6, 6.07) is 16.2. The number of piperazine rings is 1. The molecule has 7 nitrogen and oxygen atoms in total. The number of nitrogens with zero attached hydrogens (tertiary/aromatic N) is 2. The Morgan fingerprint density at radius 1 is 0.872 bits per heavy atom. The quantitative estimate of drug-likeness (QED) is 0.459. The summed E-state index contributed by atoms with van der Waals surface area (Å²) in [6.07, 6.45) is 8.20. The van der Waals surface area contributed by atoms with E-state index >= 15 is 0 Å². The van der Waals surface area contributed by atoms with Crippen LogP contribution in [0.5, 0.6) is 0 Å². The summed E-state index contributed by atoms with van der Waals surface area (Å²) in [7, 11) is 1.39. The largest absolute Gasteiger partial charge is 0.465 e. The molecule has 39 heavy (non-hydrogen) atoms. The molecule has 2 fully saturated rings. The highest BCUT2D eigenvalue weighted by atomic mass is 16.5. The van der Waals surface area contributed by atoms with Crippen molar-refractivity contribution in [2.45, 2.75) is 64.8 Å². The van der Waals surface area contributed by atoms with Crippen molar-refractivity contribution in [3.8, 4) is 0 Å². The van der Waals surface area contributed by atoms with Crippen molar-refractivity contribution in [3.63, 3.8) is 0 Å². The van der Waals surface area contributed by atoms with Gasteiger partial charge in [-0.25, -0.2) is 4.79 Å². The van der Waals surface area contributed by atoms with Gasteiger partial charge in [0.25, 0.3) is 0 Å². The van der Waals surface area contributed by atoms with Crippen LogP contribution in [0, 0.1) is 5.41 Å². The van der Waals surface area contributed by atoms with Gasteiger partial charge in [-0.15, -0.1) is 0 Å². The van der Waals surface area contributed by atoms with E-state index in [4.69, 9.17) is 4.74 Å². The van der Waals surface area contributed by atoms with Gasteiger partial charge in [-0.1, -0.05) is 62.6 Å². The zero-order valence-electron chi connectivity index (χ0n) is 23.5. The van der Waals surface area contributed by atoms with Crippen LogP contribution in [0.1, 0.15) is 72.5 Å². The summed E-state index contributed by atoms with van der Waals surface area (Å²) in [6.45, 7) is 6.16. The Balaban J connectivity index is 1.21. The van der Waals surface area contributed by atoms with E-state index in [1.54, 1.807) is 0 Å². The van der Waals surface area contributed by atoms with Gasteiger partial charge in [0.05, 0.1) is 19.2 Å². The fourth-order valence-electron chi connectivity index (χ4n) is 5.87. The Morgan fingerprint density at radius 3 is 2.21 bits per heavy atom. The fraction of sp³-hybridized carbons (Fsp3) is 0.531. The SMILES string of the molecule is COC(=O)c1ccc(CCc2ccccc2CN2CCN(C(=O)CNC(=O)CC3(C)CCCCC3)CC2)cc1. The molecule has 1 N–H and O–H groups in total. The zero-order chi connectivity index (χ0) is 27.7. The molecule has 4 rings (SSSR count). The van der Waals surface area contributed by atoms with E-state index in [9.17, 15) is 14.4 Å². The predicted molar refractivity (Wildman–Crippen MR) is 152 cm³/mol. The first-order valence-corrected chi connectivity index (χ1v) is 14.4. The molecule has 1 saturated carbocycles. The van der Waals surface area contributed by atoms with Crippen LogP contribution in [0.2, 0.25) is 0 Å². The van der Waals surface area contributed by atoms with Crippen LogP contribution in [0.3, 0.4) is 0 Å². The minimum Gasteiger partial charge on any atom is -0.465 e. The Hall–Kier alpha value is -3.19. The molecule has 2 aliphatic rings. The second-order valence-electron chi connectivity index (χ2n) is 11.4. The van der Waals surface area contributed by atoms with Crippen molar-refractivity contribution in [1.29, 1.82) is 0 Å². The molecule has 0 bridgehead atoms. The molecule has 1 aliphatic heterocycles. The molecule has 210 valence electrons. The Labute approximate surface area is 232 Å². The van der Waals surface area contributed by atoms with Gasteiger partial charge >= 0.3 is 5.97 Å². The van der Waals surface area contributed by atoms with Crippen molar-refractivity contribution >= 4 is 17.8 Å². The summed E-state index contributed by atoms with van der Waals surface area (Å²) in [5.74, 6) is -0.305. The second kappa shape index (κ2) is 13.7. The first-order valence-electron chi connectivity index (χ1n) is 14.4. The van der Waals surface area contributed by atoms with Crippen LogP contribution in [0.4, 0.5) is 0 Å². The van der Waals surface area contributed by atoms with E-state index < -0.39 is 0 Å². The predicted octanol–water partition coefficient (Wildman–Crippen LogP) is 4.38. The zero-order valence-corrected chi connectivity index (χ0v) is 23.5. The van der Waals surface area contributed by atoms with Gasteiger partial charge in [0.15, 0.2) is 0 Å². The van der Waals surface area contributed by atoms with E-state index in [0.717, 1.165) is 45.3 Å². The van der Waals surface area contributed by atoms with Crippen LogP contribution >= 0.6 is 0 Å². The maximum absolute atomic E-state index is 12.8.